The maximum Gasteiger partial charge on any atom is 0.270 e. The number of benzene rings is 1. The van der Waals surface area contributed by atoms with Crippen LogP contribution in [0.4, 0.5) is 5.13 Å². The van der Waals surface area contributed by atoms with E-state index in [1.165, 1.54) is 11.6 Å². The first kappa shape index (κ1) is 18.4. The van der Waals surface area contributed by atoms with Crippen molar-refractivity contribution in [3.05, 3.63) is 81.2 Å². The second-order valence-electron chi connectivity index (χ2n) is 6.96. The third-order valence-corrected chi connectivity index (χ3v) is 6.30. The SMILES string of the molecule is CNc1nc(C2(c3ccccc3)CCN(C(=O)c3cccc(=O)[nH]3)CC2)cs1. The smallest absolute Gasteiger partial charge is 0.270 e. The van der Waals surface area contributed by atoms with Gasteiger partial charge in [0.25, 0.3) is 5.91 Å². The van der Waals surface area contributed by atoms with Gasteiger partial charge in [-0.15, -0.1) is 11.3 Å². The molecule has 0 radical (unpaired) electrons. The van der Waals surface area contributed by atoms with Crippen molar-refractivity contribution in [1.29, 1.82) is 0 Å². The van der Waals surface area contributed by atoms with Crippen molar-refractivity contribution in [2.45, 2.75) is 18.3 Å². The van der Waals surface area contributed by atoms with Crippen LogP contribution < -0.4 is 10.9 Å². The van der Waals surface area contributed by atoms with Crippen molar-refractivity contribution in [3.8, 4) is 0 Å². The van der Waals surface area contributed by atoms with E-state index in [-0.39, 0.29) is 16.9 Å². The van der Waals surface area contributed by atoms with Gasteiger partial charge in [0.2, 0.25) is 5.56 Å². The number of hydrogen-bond acceptors (Lipinski definition) is 5. The fraction of sp³-hybridized carbons (Fsp3) is 0.286. The second-order valence-corrected chi connectivity index (χ2v) is 7.82. The molecular formula is C21H22N4O2S. The van der Waals surface area contributed by atoms with Crippen LogP contribution in [0.3, 0.4) is 0 Å². The molecule has 0 aliphatic carbocycles. The fourth-order valence-corrected chi connectivity index (χ4v) is 4.66. The Bertz CT molecular complexity index is 1020. The van der Waals surface area contributed by atoms with E-state index in [9.17, 15) is 9.59 Å². The molecule has 1 aliphatic heterocycles. The predicted octanol–water partition coefficient (Wildman–Crippen LogP) is 3.10. The fourth-order valence-electron chi connectivity index (χ4n) is 3.89. The van der Waals surface area contributed by atoms with Crippen LogP contribution in [0.1, 0.15) is 34.6 Å². The number of anilines is 1. The van der Waals surface area contributed by atoms with E-state index in [1.807, 2.05) is 18.0 Å². The summed E-state index contributed by atoms with van der Waals surface area (Å²) in [5, 5.41) is 6.13. The molecule has 1 saturated heterocycles. The summed E-state index contributed by atoms with van der Waals surface area (Å²) in [4.78, 5) is 33.6. The molecule has 3 heterocycles. The number of nitrogens with zero attached hydrogens (tertiary/aromatic N) is 2. The Morgan fingerprint density at radius 2 is 1.89 bits per heavy atom. The van der Waals surface area contributed by atoms with E-state index in [0.717, 1.165) is 23.7 Å². The molecule has 0 bridgehead atoms. The summed E-state index contributed by atoms with van der Waals surface area (Å²) in [7, 11) is 1.87. The highest BCUT2D eigenvalue weighted by Gasteiger charge is 2.41. The maximum absolute atomic E-state index is 12.8. The van der Waals surface area contributed by atoms with Gasteiger partial charge in [-0.1, -0.05) is 36.4 Å². The molecule has 6 nitrogen and oxygen atoms in total. The minimum Gasteiger partial charge on any atom is -0.365 e. The molecule has 2 N–H and O–H groups in total. The molecule has 7 heteroatoms. The number of carbonyl (C=O) groups is 1. The average Bonchev–Trinajstić information content (AvgIpc) is 3.24. The Balaban J connectivity index is 1.62. The van der Waals surface area contributed by atoms with Crippen molar-refractivity contribution in [1.82, 2.24) is 14.9 Å². The Labute approximate surface area is 167 Å². The number of likely N-dealkylation sites (tertiary alicyclic amines) is 1. The second kappa shape index (κ2) is 7.59. The number of nitrogens with one attached hydrogen (secondary N) is 2. The van der Waals surface area contributed by atoms with E-state index in [4.69, 9.17) is 4.98 Å². The quantitative estimate of drug-likeness (QED) is 0.713. The predicted molar refractivity (Wildman–Crippen MR) is 111 cm³/mol. The van der Waals surface area contributed by atoms with Crippen molar-refractivity contribution < 1.29 is 4.79 Å². The summed E-state index contributed by atoms with van der Waals surface area (Å²) >= 11 is 1.60. The van der Waals surface area contributed by atoms with Gasteiger partial charge in [0.15, 0.2) is 5.13 Å². The lowest BCUT2D eigenvalue weighted by Crippen LogP contribution is -2.46. The van der Waals surface area contributed by atoms with Crippen LogP contribution in [-0.4, -0.2) is 40.9 Å². The summed E-state index contributed by atoms with van der Waals surface area (Å²) < 4.78 is 0. The van der Waals surface area contributed by atoms with E-state index in [0.29, 0.717) is 18.8 Å². The largest absolute Gasteiger partial charge is 0.365 e. The van der Waals surface area contributed by atoms with Gasteiger partial charge in [-0.2, -0.15) is 0 Å². The number of hydrogen-bond donors (Lipinski definition) is 2. The molecule has 0 saturated carbocycles. The van der Waals surface area contributed by atoms with E-state index in [1.54, 1.807) is 23.5 Å². The number of rotatable bonds is 4. The van der Waals surface area contributed by atoms with Gasteiger partial charge >= 0.3 is 0 Å². The van der Waals surface area contributed by atoms with E-state index >= 15 is 0 Å². The monoisotopic (exact) mass is 394 g/mol. The molecule has 144 valence electrons. The number of pyridine rings is 1. The van der Waals surface area contributed by atoms with Gasteiger partial charge < -0.3 is 15.2 Å². The zero-order valence-corrected chi connectivity index (χ0v) is 16.5. The Hall–Kier alpha value is -2.93. The van der Waals surface area contributed by atoms with E-state index in [2.05, 4.69) is 39.9 Å². The number of amides is 1. The number of piperidine rings is 1. The van der Waals surface area contributed by atoms with Gasteiger partial charge in [0.1, 0.15) is 5.69 Å². The lowest BCUT2D eigenvalue weighted by molar-refractivity contribution is 0.0678. The maximum atomic E-state index is 12.8. The molecule has 0 unspecified atom stereocenters. The van der Waals surface area contributed by atoms with Crippen LogP contribution in [0.25, 0.3) is 0 Å². The van der Waals surface area contributed by atoms with Crippen molar-refractivity contribution >= 4 is 22.4 Å². The van der Waals surface area contributed by atoms with E-state index < -0.39 is 0 Å². The number of thiazole rings is 1. The zero-order valence-electron chi connectivity index (χ0n) is 15.6. The summed E-state index contributed by atoms with van der Waals surface area (Å²) in [6.07, 6.45) is 1.57. The first-order valence-electron chi connectivity index (χ1n) is 9.30. The zero-order chi connectivity index (χ0) is 19.6. The summed E-state index contributed by atoms with van der Waals surface area (Å²) in [5.41, 5.74) is 2.14. The van der Waals surface area contributed by atoms with Gasteiger partial charge in [0, 0.05) is 37.0 Å². The molecule has 0 spiro atoms. The molecule has 1 fully saturated rings. The van der Waals surface area contributed by atoms with Crippen molar-refractivity contribution in [2.24, 2.45) is 0 Å². The summed E-state index contributed by atoms with van der Waals surface area (Å²) in [6, 6.07) is 15.1. The van der Waals surface area contributed by atoms with Gasteiger partial charge in [-0.05, 0) is 24.5 Å². The minimum absolute atomic E-state index is 0.131. The number of carbonyl (C=O) groups excluding carboxylic acids is 1. The van der Waals surface area contributed by atoms with Crippen LogP contribution in [0.5, 0.6) is 0 Å². The topological polar surface area (TPSA) is 78.1 Å². The molecule has 1 aliphatic rings. The molecule has 28 heavy (non-hydrogen) atoms. The van der Waals surface area contributed by atoms with Gasteiger partial charge in [-0.3, -0.25) is 9.59 Å². The third-order valence-electron chi connectivity index (χ3n) is 5.44. The van der Waals surface area contributed by atoms with Crippen molar-refractivity contribution in [2.75, 3.05) is 25.5 Å². The highest BCUT2D eigenvalue weighted by molar-refractivity contribution is 7.13. The molecule has 1 amide bonds. The average molecular weight is 395 g/mol. The molecule has 3 aromatic rings. The Morgan fingerprint density at radius 1 is 1.14 bits per heavy atom. The number of aromatic amines is 1. The summed E-state index contributed by atoms with van der Waals surface area (Å²) in [5.74, 6) is -0.131. The Kier molecular flexibility index (Phi) is 5.00. The lowest BCUT2D eigenvalue weighted by Gasteiger charge is -2.41. The molecule has 0 atom stereocenters. The van der Waals surface area contributed by atoms with Gasteiger partial charge in [-0.25, -0.2) is 4.98 Å². The third kappa shape index (κ3) is 3.33. The Morgan fingerprint density at radius 3 is 2.54 bits per heavy atom. The molecule has 4 rings (SSSR count). The highest BCUT2D eigenvalue weighted by Crippen LogP contribution is 2.42. The molecular weight excluding hydrogens is 372 g/mol. The van der Waals surface area contributed by atoms with Crippen LogP contribution in [-0.2, 0) is 5.41 Å². The van der Waals surface area contributed by atoms with Crippen LogP contribution >= 0.6 is 11.3 Å². The minimum atomic E-state index is -0.261. The number of H-pyrrole nitrogens is 1. The first-order valence-corrected chi connectivity index (χ1v) is 10.2. The number of aromatic nitrogens is 2. The summed E-state index contributed by atoms with van der Waals surface area (Å²) in [6.45, 7) is 1.22. The first-order chi connectivity index (χ1) is 13.6. The highest BCUT2D eigenvalue weighted by atomic mass is 32.1. The van der Waals surface area contributed by atoms with Crippen LogP contribution in [0.15, 0.2) is 58.7 Å². The normalized spacial score (nSPS) is 16.0. The van der Waals surface area contributed by atoms with Crippen molar-refractivity contribution in [3.63, 3.8) is 0 Å². The van der Waals surface area contributed by atoms with Crippen LogP contribution in [0.2, 0.25) is 0 Å². The van der Waals surface area contributed by atoms with Gasteiger partial charge in [0.05, 0.1) is 5.69 Å². The standard InChI is InChI=1S/C21H22N4O2S/c1-22-20-24-17(14-28-20)21(15-6-3-2-4-7-15)10-12-25(13-11-21)19(27)16-8-5-9-18(26)23-16/h2-9,14H,10-13H2,1H3,(H,22,24)(H,23,26). The van der Waals surface area contributed by atoms with Crippen LogP contribution in [0, 0.1) is 0 Å². The molecule has 1 aromatic carbocycles. The lowest BCUT2D eigenvalue weighted by atomic mass is 9.70. The molecule has 2 aromatic heterocycles.